The lowest BCUT2D eigenvalue weighted by Crippen LogP contribution is -2.37. The molecule has 0 saturated carbocycles. The van der Waals surface area contributed by atoms with Crippen molar-refractivity contribution >= 4 is 9.04 Å². The second kappa shape index (κ2) is 7.88. The van der Waals surface area contributed by atoms with Gasteiger partial charge in [0.05, 0.1) is 24.9 Å². The summed E-state index contributed by atoms with van der Waals surface area (Å²) in [6.07, 6.45) is 5.02. The molecule has 1 aromatic heterocycles. The number of nitrogens with zero attached hydrogens (tertiary/aromatic N) is 1. The maximum Gasteiger partial charge on any atom is 0.205 e. The second-order valence-corrected chi connectivity index (χ2v) is 9.90. The van der Waals surface area contributed by atoms with Crippen molar-refractivity contribution in [3.05, 3.63) is 30.1 Å². The summed E-state index contributed by atoms with van der Waals surface area (Å²) >= 11 is 0. The van der Waals surface area contributed by atoms with Gasteiger partial charge in [-0.1, -0.05) is 26.8 Å². The number of rotatable bonds is 6. The summed E-state index contributed by atoms with van der Waals surface area (Å²) in [5, 5.41) is 10.5. The Hall–Kier alpha value is -0.753. The number of aromatic nitrogens is 1. The molecule has 1 aromatic rings. The lowest BCUT2D eigenvalue weighted by atomic mass is 9.82. The summed E-state index contributed by atoms with van der Waals surface area (Å²) in [6, 6.07) is 3.94. The largest absolute Gasteiger partial charge is 0.414 e. The first kappa shape index (κ1) is 18.6. The van der Waals surface area contributed by atoms with Crippen molar-refractivity contribution in [3.8, 4) is 0 Å². The molecule has 0 aliphatic carbocycles. The third kappa shape index (κ3) is 5.38. The number of aliphatic hydroxyl groups excluding tert-OH is 1. The third-order valence-corrected chi connectivity index (χ3v) is 5.02. The fraction of sp³-hybridized carbons (Fsp3) is 0.722. The highest BCUT2D eigenvalue weighted by Crippen LogP contribution is 2.40. The molecule has 4 nitrogen and oxygen atoms in total. The van der Waals surface area contributed by atoms with E-state index in [1.807, 2.05) is 18.3 Å². The van der Waals surface area contributed by atoms with Crippen LogP contribution >= 0.6 is 0 Å². The van der Waals surface area contributed by atoms with E-state index in [1.54, 1.807) is 6.20 Å². The fourth-order valence-corrected chi connectivity index (χ4v) is 4.02. The zero-order chi connectivity index (χ0) is 17.0. The molecule has 1 fully saturated rings. The quantitative estimate of drug-likeness (QED) is 0.807. The van der Waals surface area contributed by atoms with Crippen LogP contribution < -0.4 is 0 Å². The summed E-state index contributed by atoms with van der Waals surface area (Å²) in [7, 11) is -0.847. The maximum absolute atomic E-state index is 10.5. The predicted molar refractivity (Wildman–Crippen MR) is 93.5 cm³/mol. The minimum absolute atomic E-state index is 0.0264. The van der Waals surface area contributed by atoms with E-state index in [1.165, 1.54) is 0 Å². The van der Waals surface area contributed by atoms with Crippen LogP contribution in [-0.4, -0.2) is 37.9 Å². The van der Waals surface area contributed by atoms with E-state index in [0.717, 1.165) is 18.4 Å². The first-order valence-corrected chi connectivity index (χ1v) is 10.8. The fourth-order valence-electron chi connectivity index (χ4n) is 3.14. The summed E-state index contributed by atoms with van der Waals surface area (Å²) in [6.45, 7) is 11.4. The van der Waals surface area contributed by atoms with Crippen molar-refractivity contribution < 1.29 is 14.3 Å². The van der Waals surface area contributed by atoms with Crippen LogP contribution in [0.25, 0.3) is 0 Å². The monoisotopic (exact) mass is 336 g/mol. The molecular formula is C18H30NO3Si. The molecule has 129 valence electrons. The van der Waals surface area contributed by atoms with Gasteiger partial charge in [-0.3, -0.25) is 4.98 Å². The Morgan fingerprint density at radius 1 is 1.43 bits per heavy atom. The van der Waals surface area contributed by atoms with E-state index in [-0.39, 0.29) is 23.5 Å². The van der Waals surface area contributed by atoms with Gasteiger partial charge >= 0.3 is 0 Å². The predicted octanol–water partition coefficient (Wildman–Crippen LogP) is 3.59. The van der Waals surface area contributed by atoms with Gasteiger partial charge in [0.2, 0.25) is 9.04 Å². The van der Waals surface area contributed by atoms with Gasteiger partial charge in [-0.2, -0.15) is 0 Å². The lowest BCUT2D eigenvalue weighted by molar-refractivity contribution is 0.0175. The maximum atomic E-state index is 10.5. The van der Waals surface area contributed by atoms with E-state index < -0.39 is 15.1 Å². The minimum Gasteiger partial charge on any atom is -0.414 e. The molecule has 4 atom stereocenters. The zero-order valence-electron chi connectivity index (χ0n) is 15.0. The molecule has 0 amide bonds. The lowest BCUT2D eigenvalue weighted by Gasteiger charge is -2.33. The van der Waals surface area contributed by atoms with Crippen LogP contribution in [0.4, 0.5) is 0 Å². The Labute approximate surface area is 142 Å². The van der Waals surface area contributed by atoms with Crippen LogP contribution in [0.5, 0.6) is 0 Å². The van der Waals surface area contributed by atoms with Gasteiger partial charge in [-0.15, -0.1) is 0 Å². The second-order valence-electron chi connectivity index (χ2n) is 7.85. The van der Waals surface area contributed by atoms with Crippen molar-refractivity contribution in [1.82, 2.24) is 4.98 Å². The van der Waals surface area contributed by atoms with Crippen molar-refractivity contribution in [2.24, 2.45) is 11.3 Å². The molecule has 2 rings (SSSR count). The van der Waals surface area contributed by atoms with Crippen LogP contribution in [0.2, 0.25) is 13.1 Å². The molecule has 23 heavy (non-hydrogen) atoms. The van der Waals surface area contributed by atoms with Crippen LogP contribution in [-0.2, 0) is 9.16 Å². The molecule has 1 N–H and O–H groups in total. The molecular weight excluding hydrogens is 306 g/mol. The summed E-state index contributed by atoms with van der Waals surface area (Å²) in [4.78, 5) is 4.20. The van der Waals surface area contributed by atoms with Gasteiger partial charge in [-0.05, 0) is 43.0 Å². The summed E-state index contributed by atoms with van der Waals surface area (Å²) in [5.41, 5.74) is 1.28. The molecule has 1 unspecified atom stereocenters. The van der Waals surface area contributed by atoms with Gasteiger partial charge in [0.15, 0.2) is 0 Å². The standard InChI is InChI=1S/C18H30NO3Si/c1-18(2,3)9-8-15(22-23(4)5)16-14(20)12-21-17(16)13-7-6-10-19-11-13/h6-7,10-11,14-17,20H,8-9,12H2,1-5H3/t14-,15?,16-,17-/m0/s1. The molecule has 2 heterocycles. The van der Waals surface area contributed by atoms with Crippen LogP contribution in [0.3, 0.4) is 0 Å². The van der Waals surface area contributed by atoms with Gasteiger partial charge in [-0.25, -0.2) is 0 Å². The number of aliphatic hydroxyl groups is 1. The summed E-state index contributed by atoms with van der Waals surface area (Å²) in [5.74, 6) is -0.0264. The Kier molecular flexibility index (Phi) is 6.37. The number of hydrogen-bond donors (Lipinski definition) is 1. The van der Waals surface area contributed by atoms with Gasteiger partial charge < -0.3 is 14.3 Å². The minimum atomic E-state index is -0.847. The topological polar surface area (TPSA) is 51.6 Å². The zero-order valence-corrected chi connectivity index (χ0v) is 16.0. The molecule has 0 aromatic carbocycles. The highest BCUT2D eigenvalue weighted by atomic mass is 28.3. The molecule has 5 heteroatoms. The normalized spacial score (nSPS) is 26.7. The molecule has 1 aliphatic rings. The molecule has 1 radical (unpaired) electrons. The van der Waals surface area contributed by atoms with Gasteiger partial charge in [0.25, 0.3) is 0 Å². The smallest absolute Gasteiger partial charge is 0.205 e. The highest BCUT2D eigenvalue weighted by molar-refractivity contribution is 6.48. The Morgan fingerprint density at radius 2 is 2.17 bits per heavy atom. The third-order valence-electron chi connectivity index (χ3n) is 4.25. The first-order chi connectivity index (χ1) is 10.8. The summed E-state index contributed by atoms with van der Waals surface area (Å²) < 4.78 is 12.2. The van der Waals surface area contributed by atoms with Crippen LogP contribution in [0.15, 0.2) is 24.5 Å². The van der Waals surface area contributed by atoms with Gasteiger partial charge in [0, 0.05) is 18.3 Å². The van der Waals surface area contributed by atoms with E-state index in [2.05, 4.69) is 38.8 Å². The van der Waals surface area contributed by atoms with Crippen LogP contribution in [0.1, 0.15) is 45.3 Å². The van der Waals surface area contributed by atoms with E-state index in [9.17, 15) is 5.11 Å². The van der Waals surface area contributed by atoms with Crippen molar-refractivity contribution in [3.63, 3.8) is 0 Å². The van der Waals surface area contributed by atoms with E-state index >= 15 is 0 Å². The Morgan fingerprint density at radius 3 is 2.74 bits per heavy atom. The highest BCUT2D eigenvalue weighted by Gasteiger charge is 2.43. The average Bonchev–Trinajstić information content (AvgIpc) is 2.85. The van der Waals surface area contributed by atoms with Crippen LogP contribution in [0, 0.1) is 11.3 Å². The molecule has 0 bridgehead atoms. The Bertz CT molecular complexity index is 475. The Balaban J connectivity index is 2.19. The van der Waals surface area contributed by atoms with Crippen molar-refractivity contribution in [2.75, 3.05) is 6.61 Å². The molecule has 1 saturated heterocycles. The SMILES string of the molecule is C[Si](C)OC(CCC(C)(C)C)[C@@H]1[C@@H](O)CO[C@H]1c1cccnc1. The van der Waals surface area contributed by atoms with E-state index in [0.29, 0.717) is 6.61 Å². The van der Waals surface area contributed by atoms with Gasteiger partial charge in [0.1, 0.15) is 0 Å². The van der Waals surface area contributed by atoms with Crippen molar-refractivity contribution in [1.29, 1.82) is 0 Å². The average molecular weight is 337 g/mol. The van der Waals surface area contributed by atoms with E-state index in [4.69, 9.17) is 9.16 Å². The molecule has 0 spiro atoms. The first-order valence-electron chi connectivity index (χ1n) is 8.44. The number of ether oxygens (including phenoxy) is 1. The number of hydrogen-bond acceptors (Lipinski definition) is 4. The van der Waals surface area contributed by atoms with Crippen molar-refractivity contribution in [2.45, 2.75) is 65.0 Å². The molecule has 1 aliphatic heterocycles. The number of pyridine rings is 1.